The van der Waals surface area contributed by atoms with Crippen molar-refractivity contribution in [2.24, 2.45) is 23.5 Å². The summed E-state index contributed by atoms with van der Waals surface area (Å²) in [6, 6.07) is 15.6. The Hall–Kier alpha value is -7.47. The van der Waals surface area contributed by atoms with E-state index in [2.05, 4.69) is 21.3 Å². The van der Waals surface area contributed by atoms with Crippen molar-refractivity contribution < 1.29 is 71.7 Å². The van der Waals surface area contributed by atoms with E-state index in [9.17, 15) is 19.6 Å². The molecule has 6 unspecified atom stereocenters. The monoisotopic (exact) mass is 1290 g/mol. The maximum absolute atomic E-state index is 16.1. The number of rotatable bonds is 13. The largest absolute Gasteiger partial charge is 0.496 e. The van der Waals surface area contributed by atoms with Gasteiger partial charge in [0.15, 0.2) is 31.4 Å². The summed E-state index contributed by atoms with van der Waals surface area (Å²) in [6.07, 6.45) is -2.44. The number of amides is 5. The van der Waals surface area contributed by atoms with Crippen LogP contribution in [0.5, 0.6) is 40.2 Å². The number of benzene rings is 5. The van der Waals surface area contributed by atoms with Crippen LogP contribution in [0.15, 0.2) is 78.9 Å². The minimum Gasteiger partial charge on any atom is -0.496 e. The van der Waals surface area contributed by atoms with Crippen molar-refractivity contribution in [1.29, 1.82) is 0 Å². The molecule has 5 aliphatic rings. The third kappa shape index (κ3) is 14.8. The van der Waals surface area contributed by atoms with Crippen molar-refractivity contribution in [3.05, 3.63) is 122 Å². The topological polar surface area (TPSA) is 289 Å². The first-order valence-electron chi connectivity index (χ1n) is 30.0. The summed E-state index contributed by atoms with van der Waals surface area (Å²) in [7, 11) is -0.944. The summed E-state index contributed by atoms with van der Waals surface area (Å²) in [5, 5.41) is 33.5. The highest BCUT2D eigenvalue weighted by molar-refractivity contribution is 6.74. The van der Waals surface area contributed by atoms with Crippen molar-refractivity contribution in [2.45, 2.75) is 148 Å². The maximum atomic E-state index is 16.1. The zero-order valence-electron chi connectivity index (χ0n) is 52.9. The van der Waals surface area contributed by atoms with Crippen LogP contribution in [0, 0.1) is 24.7 Å². The first-order valence-corrected chi connectivity index (χ1v) is 33.7. The fourth-order valence-electron chi connectivity index (χ4n) is 11.7. The highest BCUT2D eigenvalue weighted by atomic mass is 35.5. The number of ketones is 2. The molecule has 0 spiro atoms. The normalized spacial score (nSPS) is 21.8. The van der Waals surface area contributed by atoms with E-state index in [0.717, 1.165) is 0 Å². The van der Waals surface area contributed by atoms with Crippen molar-refractivity contribution in [3.63, 3.8) is 0 Å². The van der Waals surface area contributed by atoms with Gasteiger partial charge < -0.3 is 65.2 Å². The SMILES string of the molecule is CCC(CC(C)C)C(=O)NC1C(=O)CC(CC(N)=O)C(=O)N[C@H]2C(=O)CC3C(=O)NC(C(=O)NC(B(O)O)c4cc(C)cc(OC)c4-c4cc3ccc4OC)[C@@H](C)c3ccc(c(Cl)c3)Oc3cc2cc(c3OC)Oc2ccc(cc2Cl)[C@@H]1O[Si](C)(C)C(C)(C)C. The molecule has 5 aromatic carbocycles. The van der Waals surface area contributed by atoms with Crippen molar-refractivity contribution in [3.8, 4) is 51.4 Å². The van der Waals surface area contributed by atoms with E-state index in [1.54, 1.807) is 68.4 Å². The Balaban J connectivity index is 1.41. The number of carbonyl (C=O) groups is 7. The van der Waals surface area contributed by atoms with Gasteiger partial charge in [0.2, 0.25) is 35.3 Å². The number of aryl methyl sites for hydroxylation is 1. The van der Waals surface area contributed by atoms with Gasteiger partial charge in [-0.15, -0.1) is 0 Å². The molecular formula is C66H80BCl2N5O15Si. The van der Waals surface area contributed by atoms with Crippen LogP contribution >= 0.6 is 23.2 Å². The molecule has 9 atom stereocenters. The molecule has 5 heterocycles. The van der Waals surface area contributed by atoms with Gasteiger partial charge in [-0.25, -0.2) is 0 Å². The van der Waals surface area contributed by atoms with Gasteiger partial charge >= 0.3 is 7.12 Å². The summed E-state index contributed by atoms with van der Waals surface area (Å²) in [5.41, 5.74) is 8.27. The molecule has 8 N–H and O–H groups in total. The average molecular weight is 1290 g/mol. The maximum Gasteiger partial charge on any atom is 0.480 e. The number of fused-ring (bicyclic) bond motifs is 15. The zero-order valence-corrected chi connectivity index (χ0v) is 55.4. The van der Waals surface area contributed by atoms with Gasteiger partial charge in [-0.05, 0) is 132 Å². The molecule has 90 heavy (non-hydrogen) atoms. The molecule has 0 aliphatic carbocycles. The van der Waals surface area contributed by atoms with E-state index in [0.29, 0.717) is 29.5 Å². The summed E-state index contributed by atoms with van der Waals surface area (Å²) in [5.74, 6) is -11.3. The number of primary amides is 1. The van der Waals surface area contributed by atoms with Gasteiger partial charge in [0.1, 0.15) is 41.1 Å². The van der Waals surface area contributed by atoms with Gasteiger partial charge in [0, 0.05) is 42.2 Å². The molecule has 0 radical (unpaired) electrons. The molecule has 480 valence electrons. The second-order valence-electron chi connectivity index (χ2n) is 25.4. The number of Topliss-reactive ketones (excluding diaryl/α,β-unsaturated/α-hetero) is 2. The van der Waals surface area contributed by atoms with Crippen LogP contribution < -0.4 is 50.7 Å². The fourth-order valence-corrected chi connectivity index (χ4v) is 13.4. The molecule has 5 aliphatic heterocycles. The summed E-state index contributed by atoms with van der Waals surface area (Å²) in [4.78, 5) is 106. The second kappa shape index (κ2) is 28.0. The number of nitrogens with two attached hydrogens (primary N) is 1. The highest BCUT2D eigenvalue weighted by Crippen LogP contribution is 2.50. The van der Waals surface area contributed by atoms with Crippen LogP contribution in [0.3, 0.4) is 0 Å². The Morgan fingerprint density at radius 2 is 1.37 bits per heavy atom. The molecular weight excluding hydrogens is 1210 g/mol. The number of methoxy groups -OCH3 is 3. The van der Waals surface area contributed by atoms with Crippen molar-refractivity contribution >= 4 is 79.7 Å². The second-order valence-corrected chi connectivity index (χ2v) is 31.0. The molecule has 5 amide bonds. The predicted octanol–water partition coefficient (Wildman–Crippen LogP) is 10.3. The Morgan fingerprint density at radius 1 is 0.756 bits per heavy atom. The first-order chi connectivity index (χ1) is 42.4. The van der Waals surface area contributed by atoms with Gasteiger partial charge in [-0.1, -0.05) is 95.9 Å². The van der Waals surface area contributed by atoms with Gasteiger partial charge in [-0.2, -0.15) is 0 Å². The molecule has 20 nitrogen and oxygen atoms in total. The third-order valence-corrected chi connectivity index (χ3v) is 22.6. The minimum atomic E-state index is -2.92. The van der Waals surface area contributed by atoms with Gasteiger partial charge in [0.05, 0.1) is 55.3 Å². The minimum absolute atomic E-state index is 0.00661. The lowest BCUT2D eigenvalue weighted by molar-refractivity contribution is -0.137. The Bertz CT molecular complexity index is 3620. The molecule has 24 heteroatoms. The van der Waals surface area contributed by atoms with E-state index < -0.39 is 135 Å². The van der Waals surface area contributed by atoms with E-state index >= 15 is 24.0 Å². The smallest absolute Gasteiger partial charge is 0.480 e. The predicted molar refractivity (Wildman–Crippen MR) is 344 cm³/mol. The first kappa shape index (κ1) is 68.4. The lowest BCUT2D eigenvalue weighted by Crippen LogP contribution is -2.53. The molecule has 11 bridgehead atoms. The molecule has 10 rings (SSSR count). The van der Waals surface area contributed by atoms with Crippen LogP contribution in [0.4, 0.5) is 0 Å². The lowest BCUT2D eigenvalue weighted by atomic mass is 9.71. The fraction of sp³-hybridized carbons (Fsp3) is 0.439. The van der Waals surface area contributed by atoms with Crippen LogP contribution in [0.2, 0.25) is 28.2 Å². The number of ether oxygens (including phenoxy) is 5. The number of halogens is 2. The Labute approximate surface area is 536 Å². The number of hydrogen-bond acceptors (Lipinski definition) is 15. The average Bonchev–Trinajstić information content (AvgIpc) is 0.807. The standard InChI is InChI=1S/C66H80BCl2N5O15Si/c1-14-35(21-32(2)3)62(78)73-58-46(75)27-40(30-54(70)77)63(79)72-57-39-28-52(60(86-11)53(29-39)88-50-20-17-38(26-45(50)69)59(58)89-90(12,13)66(6,7)8)87-49-19-15-36(25-44(49)68)34(5)56-65(81)74-61(67(82)83)43-22-33(4)23-51(85-10)55(43)42-24-37(16-18-48(42)84-9)41(31-47(57)76)64(80)71-56/h15-20,22-26,28-29,32,34-35,40-41,56-59,61,82-83H,14,21,27,30-31H2,1-13H3,(H2,70,77)(H,71,80)(H,72,79)(H,73,78)(H,74,81)/t34-,35?,40?,41?,56?,57+,58?,59-,61?/m0/s1. The summed E-state index contributed by atoms with van der Waals surface area (Å²) >= 11 is 14.4. The Kier molecular flexibility index (Phi) is 21.3. The van der Waals surface area contributed by atoms with Gasteiger partial charge in [0.25, 0.3) is 0 Å². The van der Waals surface area contributed by atoms with Crippen molar-refractivity contribution in [1.82, 2.24) is 21.3 Å². The van der Waals surface area contributed by atoms with Crippen LogP contribution in [-0.2, 0) is 38.0 Å². The summed E-state index contributed by atoms with van der Waals surface area (Å²) < 4.78 is 38.4. The van der Waals surface area contributed by atoms with E-state index in [-0.39, 0.29) is 84.0 Å². The number of hydrogen-bond donors (Lipinski definition) is 7. The quantitative estimate of drug-likeness (QED) is 0.0540. The van der Waals surface area contributed by atoms with Crippen LogP contribution in [0.1, 0.15) is 144 Å². The number of carbonyl (C=O) groups excluding carboxylic acids is 7. The number of nitrogens with one attached hydrogen (secondary N) is 4. The highest BCUT2D eigenvalue weighted by Gasteiger charge is 2.46. The molecule has 0 aromatic heterocycles. The van der Waals surface area contributed by atoms with E-state index in [1.165, 1.54) is 45.6 Å². The molecule has 0 saturated carbocycles. The van der Waals surface area contributed by atoms with Crippen LogP contribution in [0.25, 0.3) is 11.1 Å². The zero-order chi connectivity index (χ0) is 66.0. The van der Waals surface area contributed by atoms with Crippen molar-refractivity contribution in [2.75, 3.05) is 21.3 Å². The molecule has 5 aromatic rings. The van der Waals surface area contributed by atoms with Crippen LogP contribution in [-0.4, -0.2) is 100.0 Å². The Morgan fingerprint density at radius 3 is 1.92 bits per heavy atom. The molecule has 0 saturated heterocycles. The van der Waals surface area contributed by atoms with E-state index in [4.69, 9.17) is 57.0 Å². The third-order valence-electron chi connectivity index (χ3n) is 17.6. The van der Waals surface area contributed by atoms with Gasteiger partial charge in [-0.3, -0.25) is 33.6 Å². The van der Waals surface area contributed by atoms with E-state index in [1.807, 2.05) is 54.6 Å². The molecule has 0 fully saturated rings. The lowest BCUT2D eigenvalue weighted by Gasteiger charge is -2.42. The summed E-state index contributed by atoms with van der Waals surface area (Å²) in [6.45, 7) is 19.3.